The Labute approximate surface area is 179 Å². The van der Waals surface area contributed by atoms with Crippen molar-refractivity contribution in [1.29, 1.82) is 0 Å². The Morgan fingerprint density at radius 2 is 1.89 bits per heavy atom. The standard InChI is InChI=1S/C21H28N4O.HI/c1-25(2)17(14-16-8-4-3-5-9-16)15-23-21(22)24-19-12-13-26-20-11-7-6-10-18(19)20;/h3-11,17,19H,12-15H2,1-2H3,(H3,22,23,24);1H. The molecule has 5 nitrogen and oxygen atoms in total. The number of ether oxygens (including phenoxy) is 1. The van der Waals surface area contributed by atoms with Crippen LogP contribution in [-0.4, -0.2) is 44.1 Å². The second kappa shape index (κ2) is 10.5. The molecule has 0 fully saturated rings. The summed E-state index contributed by atoms with van der Waals surface area (Å²) in [5, 5.41) is 3.36. The van der Waals surface area contributed by atoms with Crippen molar-refractivity contribution in [3.8, 4) is 5.75 Å². The Balaban J connectivity index is 0.00000261. The third kappa shape index (κ3) is 6.10. The number of hydrogen-bond donors (Lipinski definition) is 2. The van der Waals surface area contributed by atoms with Crippen molar-refractivity contribution in [1.82, 2.24) is 10.2 Å². The monoisotopic (exact) mass is 480 g/mol. The van der Waals surface area contributed by atoms with Crippen LogP contribution in [0.5, 0.6) is 5.75 Å². The highest BCUT2D eigenvalue weighted by molar-refractivity contribution is 14.0. The lowest BCUT2D eigenvalue weighted by Crippen LogP contribution is -2.39. The van der Waals surface area contributed by atoms with Crippen LogP contribution in [0, 0.1) is 0 Å². The fourth-order valence-electron chi connectivity index (χ4n) is 3.22. The first-order valence-electron chi connectivity index (χ1n) is 9.12. The molecule has 0 saturated heterocycles. The van der Waals surface area contributed by atoms with Gasteiger partial charge in [-0.1, -0.05) is 48.5 Å². The van der Waals surface area contributed by atoms with E-state index in [2.05, 4.69) is 59.6 Å². The molecule has 0 saturated carbocycles. The number of fused-ring (bicyclic) bond motifs is 1. The molecular weight excluding hydrogens is 451 g/mol. The lowest BCUT2D eigenvalue weighted by molar-refractivity contribution is 0.262. The Morgan fingerprint density at radius 3 is 2.63 bits per heavy atom. The molecule has 27 heavy (non-hydrogen) atoms. The topological polar surface area (TPSA) is 62.9 Å². The Kier molecular flexibility index (Phi) is 8.37. The number of para-hydroxylation sites is 1. The molecule has 2 atom stereocenters. The van der Waals surface area contributed by atoms with Gasteiger partial charge in [0, 0.05) is 18.0 Å². The molecule has 1 aliphatic rings. The normalized spacial score (nSPS) is 17.4. The van der Waals surface area contributed by atoms with Gasteiger partial charge in [-0.05, 0) is 32.1 Å². The average molecular weight is 480 g/mol. The predicted octanol–water partition coefficient (Wildman–Crippen LogP) is 3.21. The number of benzene rings is 2. The number of aliphatic imine (C=N–C) groups is 1. The van der Waals surface area contributed by atoms with Gasteiger partial charge in [-0.2, -0.15) is 0 Å². The van der Waals surface area contributed by atoms with Crippen molar-refractivity contribution >= 4 is 29.9 Å². The van der Waals surface area contributed by atoms with Crippen LogP contribution in [0.15, 0.2) is 59.6 Å². The average Bonchev–Trinajstić information content (AvgIpc) is 2.66. The highest BCUT2D eigenvalue weighted by Gasteiger charge is 2.21. The van der Waals surface area contributed by atoms with Crippen molar-refractivity contribution < 1.29 is 4.74 Å². The molecule has 2 unspecified atom stereocenters. The molecule has 0 radical (unpaired) electrons. The van der Waals surface area contributed by atoms with Crippen LogP contribution in [0.4, 0.5) is 0 Å². The summed E-state index contributed by atoms with van der Waals surface area (Å²) in [7, 11) is 4.17. The Hall–Kier alpha value is -1.80. The minimum Gasteiger partial charge on any atom is -0.493 e. The fraction of sp³-hybridized carbons (Fsp3) is 0.381. The van der Waals surface area contributed by atoms with E-state index in [1.807, 2.05) is 24.3 Å². The second-order valence-corrected chi connectivity index (χ2v) is 6.90. The molecule has 3 N–H and O–H groups in total. The fourth-order valence-corrected chi connectivity index (χ4v) is 3.22. The van der Waals surface area contributed by atoms with E-state index in [0.717, 1.165) is 24.2 Å². The number of nitrogens with zero attached hydrogens (tertiary/aromatic N) is 2. The zero-order chi connectivity index (χ0) is 18.4. The molecule has 0 aliphatic carbocycles. The molecule has 0 bridgehead atoms. The van der Waals surface area contributed by atoms with Gasteiger partial charge in [0.2, 0.25) is 0 Å². The van der Waals surface area contributed by atoms with E-state index in [4.69, 9.17) is 10.5 Å². The highest BCUT2D eigenvalue weighted by atomic mass is 127. The van der Waals surface area contributed by atoms with Crippen molar-refractivity contribution in [3.05, 3.63) is 65.7 Å². The van der Waals surface area contributed by atoms with Crippen LogP contribution in [0.3, 0.4) is 0 Å². The summed E-state index contributed by atoms with van der Waals surface area (Å²) in [6.07, 6.45) is 1.83. The van der Waals surface area contributed by atoms with Gasteiger partial charge in [0.15, 0.2) is 5.96 Å². The number of nitrogens with one attached hydrogen (secondary N) is 1. The third-order valence-corrected chi connectivity index (χ3v) is 4.80. The van der Waals surface area contributed by atoms with Gasteiger partial charge < -0.3 is 20.7 Å². The summed E-state index contributed by atoms with van der Waals surface area (Å²) in [5.41, 5.74) is 8.64. The molecule has 3 rings (SSSR count). The first-order valence-corrected chi connectivity index (χ1v) is 9.12. The van der Waals surface area contributed by atoms with Crippen molar-refractivity contribution in [2.75, 3.05) is 27.2 Å². The zero-order valence-corrected chi connectivity index (χ0v) is 18.3. The number of hydrogen-bond acceptors (Lipinski definition) is 3. The van der Waals surface area contributed by atoms with E-state index in [9.17, 15) is 0 Å². The second-order valence-electron chi connectivity index (χ2n) is 6.90. The van der Waals surface area contributed by atoms with Crippen LogP contribution < -0.4 is 15.8 Å². The number of halogens is 1. The van der Waals surface area contributed by atoms with Gasteiger partial charge in [-0.25, -0.2) is 0 Å². The molecule has 2 aromatic carbocycles. The van der Waals surface area contributed by atoms with Crippen LogP contribution in [0.25, 0.3) is 0 Å². The van der Waals surface area contributed by atoms with E-state index in [1.54, 1.807) is 0 Å². The summed E-state index contributed by atoms with van der Waals surface area (Å²) >= 11 is 0. The van der Waals surface area contributed by atoms with E-state index in [0.29, 0.717) is 25.2 Å². The SMILES string of the molecule is CN(C)C(CN=C(N)NC1CCOc2ccccc21)Cc1ccccc1.I. The maximum absolute atomic E-state index is 6.18. The van der Waals surface area contributed by atoms with E-state index < -0.39 is 0 Å². The molecule has 2 aromatic rings. The quantitative estimate of drug-likeness (QED) is 0.379. The summed E-state index contributed by atoms with van der Waals surface area (Å²) in [4.78, 5) is 6.81. The van der Waals surface area contributed by atoms with E-state index in [-0.39, 0.29) is 30.0 Å². The van der Waals surface area contributed by atoms with Gasteiger partial charge in [-0.3, -0.25) is 4.99 Å². The summed E-state index contributed by atoms with van der Waals surface area (Å²) in [6, 6.07) is 19.0. The molecule has 6 heteroatoms. The first kappa shape index (κ1) is 21.5. The zero-order valence-electron chi connectivity index (χ0n) is 16.0. The van der Waals surface area contributed by atoms with Gasteiger partial charge in [0.1, 0.15) is 5.75 Å². The molecule has 0 spiro atoms. The number of guanidine groups is 1. The van der Waals surface area contributed by atoms with E-state index >= 15 is 0 Å². The molecule has 1 heterocycles. The predicted molar refractivity (Wildman–Crippen MR) is 122 cm³/mol. The molecular formula is C21H29IN4O. The number of rotatable bonds is 6. The van der Waals surface area contributed by atoms with Crippen molar-refractivity contribution in [3.63, 3.8) is 0 Å². The van der Waals surface area contributed by atoms with Crippen molar-refractivity contribution in [2.24, 2.45) is 10.7 Å². The maximum Gasteiger partial charge on any atom is 0.189 e. The summed E-state index contributed by atoms with van der Waals surface area (Å²) in [5.74, 6) is 1.42. The van der Waals surface area contributed by atoms with Gasteiger partial charge in [0.05, 0.1) is 19.2 Å². The summed E-state index contributed by atoms with van der Waals surface area (Å²) < 4.78 is 5.70. The molecule has 146 valence electrons. The van der Waals surface area contributed by atoms with Gasteiger partial charge in [0.25, 0.3) is 0 Å². The van der Waals surface area contributed by atoms with Gasteiger partial charge >= 0.3 is 0 Å². The molecule has 0 amide bonds. The third-order valence-electron chi connectivity index (χ3n) is 4.80. The smallest absolute Gasteiger partial charge is 0.189 e. The summed E-state index contributed by atoms with van der Waals surface area (Å²) in [6.45, 7) is 1.35. The van der Waals surface area contributed by atoms with E-state index in [1.165, 1.54) is 5.56 Å². The van der Waals surface area contributed by atoms with Crippen molar-refractivity contribution in [2.45, 2.75) is 24.9 Å². The molecule has 0 aromatic heterocycles. The minimum atomic E-state index is 0. The highest BCUT2D eigenvalue weighted by Crippen LogP contribution is 2.31. The lowest BCUT2D eigenvalue weighted by Gasteiger charge is -2.27. The Bertz CT molecular complexity index is 736. The van der Waals surface area contributed by atoms with Gasteiger partial charge in [-0.15, -0.1) is 24.0 Å². The van der Waals surface area contributed by atoms with Crippen LogP contribution in [0.2, 0.25) is 0 Å². The maximum atomic E-state index is 6.18. The molecule has 1 aliphatic heterocycles. The number of likely N-dealkylation sites (N-methyl/N-ethyl adjacent to an activating group) is 1. The minimum absolute atomic E-state index is 0. The van der Waals surface area contributed by atoms with Crippen LogP contribution in [-0.2, 0) is 6.42 Å². The van der Waals surface area contributed by atoms with Crippen LogP contribution >= 0.6 is 24.0 Å². The Morgan fingerprint density at radius 1 is 1.19 bits per heavy atom. The first-order chi connectivity index (χ1) is 12.6. The largest absolute Gasteiger partial charge is 0.493 e. The lowest BCUT2D eigenvalue weighted by atomic mass is 10.0. The van der Waals surface area contributed by atoms with Crippen LogP contribution in [0.1, 0.15) is 23.6 Å². The number of nitrogens with two attached hydrogens (primary N) is 1.